The summed E-state index contributed by atoms with van der Waals surface area (Å²) in [5.74, 6) is 0.683. The maximum atomic E-state index is 8.44. The molecule has 0 saturated carbocycles. The van der Waals surface area contributed by atoms with Gasteiger partial charge in [0.2, 0.25) is 0 Å². The van der Waals surface area contributed by atoms with Crippen molar-refractivity contribution in [1.29, 1.82) is 5.26 Å². The van der Waals surface area contributed by atoms with Crippen LogP contribution in [0.15, 0.2) is 12.1 Å². The smallest absolute Gasteiger partial charge is 0.140 e. The highest BCUT2D eigenvalue weighted by Gasteiger charge is 2.09. The molecule has 4 heteroatoms. The van der Waals surface area contributed by atoms with Crippen LogP contribution < -0.4 is 4.74 Å². The number of hydrogen-bond donors (Lipinski definition) is 0. The number of hydrogen-bond acceptors (Lipinski definition) is 2. The average Bonchev–Trinajstić information content (AvgIpc) is 2.24. The summed E-state index contributed by atoms with van der Waals surface area (Å²) in [4.78, 5) is 0. The number of benzene rings is 1. The van der Waals surface area contributed by atoms with Crippen LogP contribution in [0.3, 0.4) is 0 Å². The maximum Gasteiger partial charge on any atom is 0.140 e. The molecule has 16 heavy (non-hydrogen) atoms. The predicted octanol–water partition coefficient (Wildman–Crippen LogP) is 4.24. The molecule has 0 saturated heterocycles. The molecule has 1 rings (SSSR count). The minimum Gasteiger partial charge on any atom is -0.495 e. The Morgan fingerprint density at radius 3 is 2.69 bits per heavy atom. The van der Waals surface area contributed by atoms with Gasteiger partial charge in [-0.15, -0.1) is 0 Å². The number of nitrogens with zero attached hydrogens (tertiary/aromatic N) is 1. The van der Waals surface area contributed by atoms with Crippen molar-refractivity contribution < 1.29 is 4.74 Å². The van der Waals surface area contributed by atoms with Gasteiger partial charge in [0, 0.05) is 11.4 Å². The van der Waals surface area contributed by atoms with E-state index in [9.17, 15) is 0 Å². The Morgan fingerprint density at radius 2 is 2.06 bits per heavy atom. The normalized spacial score (nSPS) is 9.88. The minimum absolute atomic E-state index is 0.533. The van der Waals surface area contributed by atoms with Crippen LogP contribution in [-0.4, -0.2) is 7.11 Å². The largest absolute Gasteiger partial charge is 0.495 e. The topological polar surface area (TPSA) is 33.0 Å². The zero-order valence-electron chi connectivity index (χ0n) is 9.09. The Labute approximate surface area is 106 Å². The van der Waals surface area contributed by atoms with Gasteiger partial charge in [-0.3, -0.25) is 0 Å². The molecular weight excluding hydrogens is 245 g/mol. The lowest BCUT2D eigenvalue weighted by Gasteiger charge is -2.10. The molecule has 0 radical (unpaired) electrons. The van der Waals surface area contributed by atoms with Crippen LogP contribution in [0.1, 0.15) is 24.8 Å². The molecule has 2 nitrogen and oxygen atoms in total. The zero-order valence-corrected chi connectivity index (χ0v) is 10.6. The van der Waals surface area contributed by atoms with Crippen molar-refractivity contribution in [2.24, 2.45) is 0 Å². The summed E-state index contributed by atoms with van der Waals surface area (Å²) in [6, 6.07) is 5.65. The molecule has 0 aliphatic carbocycles. The van der Waals surface area contributed by atoms with Crippen molar-refractivity contribution in [3.8, 4) is 11.8 Å². The van der Waals surface area contributed by atoms with E-state index >= 15 is 0 Å². The predicted molar refractivity (Wildman–Crippen MR) is 66.2 cm³/mol. The molecule has 0 unspecified atom stereocenters. The molecule has 0 atom stereocenters. The summed E-state index contributed by atoms with van der Waals surface area (Å²) in [5, 5.41) is 9.58. The fourth-order valence-corrected chi connectivity index (χ4v) is 2.16. The molecule has 0 aliphatic heterocycles. The van der Waals surface area contributed by atoms with Gasteiger partial charge in [0.25, 0.3) is 0 Å². The first-order valence-electron chi connectivity index (χ1n) is 5.08. The van der Waals surface area contributed by atoms with Crippen LogP contribution in [0.5, 0.6) is 5.75 Å². The maximum absolute atomic E-state index is 8.44. The summed E-state index contributed by atoms with van der Waals surface area (Å²) in [6.07, 6.45) is 3.21. The molecule has 0 fully saturated rings. The number of methoxy groups -OCH3 is 1. The van der Waals surface area contributed by atoms with E-state index in [1.165, 1.54) is 0 Å². The van der Waals surface area contributed by atoms with Gasteiger partial charge in [-0.2, -0.15) is 5.26 Å². The SMILES string of the molecule is COc1c(Cl)cc(Cl)cc1CCCCC#N. The van der Waals surface area contributed by atoms with Crippen LogP contribution in [0.2, 0.25) is 10.0 Å². The third-order valence-electron chi connectivity index (χ3n) is 2.27. The molecule has 0 spiro atoms. The third-order valence-corrected chi connectivity index (χ3v) is 2.77. The Morgan fingerprint density at radius 1 is 1.31 bits per heavy atom. The van der Waals surface area contributed by atoms with E-state index < -0.39 is 0 Å². The van der Waals surface area contributed by atoms with Gasteiger partial charge in [-0.25, -0.2) is 0 Å². The standard InChI is InChI=1S/C12H13Cl2NO/c1-16-12-9(5-3-2-4-6-15)7-10(13)8-11(12)14/h7-8H,2-5H2,1H3. The van der Waals surface area contributed by atoms with Crippen LogP contribution in [0.4, 0.5) is 0 Å². The highest BCUT2D eigenvalue weighted by Crippen LogP contribution is 2.33. The quantitative estimate of drug-likeness (QED) is 0.740. The van der Waals surface area contributed by atoms with E-state index in [0.717, 1.165) is 24.8 Å². The molecular formula is C12H13Cl2NO. The van der Waals surface area contributed by atoms with Crippen molar-refractivity contribution in [3.05, 3.63) is 27.7 Å². The van der Waals surface area contributed by atoms with Gasteiger partial charge in [-0.1, -0.05) is 23.2 Å². The van der Waals surface area contributed by atoms with Gasteiger partial charge >= 0.3 is 0 Å². The second kappa shape index (κ2) is 6.62. The Bertz CT molecular complexity index is 399. The Hall–Kier alpha value is -0.910. The first-order chi connectivity index (χ1) is 7.69. The Kier molecular flexibility index (Phi) is 5.45. The number of nitriles is 1. The molecule has 86 valence electrons. The molecule has 0 N–H and O–H groups in total. The van der Waals surface area contributed by atoms with E-state index in [2.05, 4.69) is 6.07 Å². The number of rotatable bonds is 5. The number of unbranched alkanes of at least 4 members (excludes halogenated alkanes) is 2. The molecule has 0 bridgehead atoms. The molecule has 1 aromatic carbocycles. The molecule has 0 heterocycles. The van der Waals surface area contributed by atoms with Crippen LogP contribution >= 0.6 is 23.2 Å². The minimum atomic E-state index is 0.533. The average molecular weight is 258 g/mol. The van der Waals surface area contributed by atoms with Crippen LogP contribution in [0.25, 0.3) is 0 Å². The lowest BCUT2D eigenvalue weighted by molar-refractivity contribution is 0.409. The van der Waals surface area contributed by atoms with E-state index in [1.54, 1.807) is 13.2 Å². The molecule has 1 aromatic rings. The summed E-state index contributed by atoms with van der Waals surface area (Å²) in [5.41, 5.74) is 0.998. The van der Waals surface area contributed by atoms with Gasteiger partial charge in [-0.05, 0) is 37.0 Å². The van der Waals surface area contributed by atoms with Gasteiger partial charge in [0.15, 0.2) is 0 Å². The van der Waals surface area contributed by atoms with Crippen LogP contribution in [-0.2, 0) is 6.42 Å². The number of halogens is 2. The first-order valence-corrected chi connectivity index (χ1v) is 5.83. The van der Waals surface area contributed by atoms with Crippen molar-refractivity contribution in [1.82, 2.24) is 0 Å². The second-order valence-corrected chi connectivity index (χ2v) is 4.29. The first kappa shape index (κ1) is 13.2. The van der Waals surface area contributed by atoms with E-state index in [0.29, 0.717) is 22.2 Å². The molecule has 0 aliphatic rings. The summed E-state index contributed by atoms with van der Waals surface area (Å²) < 4.78 is 5.23. The number of aryl methyl sites for hydroxylation is 1. The van der Waals surface area contributed by atoms with E-state index in [1.807, 2.05) is 6.07 Å². The molecule has 0 amide bonds. The summed E-state index contributed by atoms with van der Waals surface area (Å²) in [7, 11) is 1.59. The monoisotopic (exact) mass is 257 g/mol. The highest BCUT2D eigenvalue weighted by atomic mass is 35.5. The van der Waals surface area contributed by atoms with Crippen LogP contribution in [0, 0.1) is 11.3 Å². The van der Waals surface area contributed by atoms with Gasteiger partial charge in [0.1, 0.15) is 5.75 Å². The fourth-order valence-electron chi connectivity index (χ4n) is 1.55. The lowest BCUT2D eigenvalue weighted by atomic mass is 10.1. The van der Waals surface area contributed by atoms with Crippen molar-refractivity contribution in [3.63, 3.8) is 0 Å². The van der Waals surface area contributed by atoms with Gasteiger partial charge < -0.3 is 4.74 Å². The van der Waals surface area contributed by atoms with Crippen molar-refractivity contribution in [2.45, 2.75) is 25.7 Å². The summed E-state index contributed by atoms with van der Waals surface area (Å²) in [6.45, 7) is 0. The zero-order chi connectivity index (χ0) is 12.0. The van der Waals surface area contributed by atoms with Crippen molar-refractivity contribution in [2.75, 3.05) is 7.11 Å². The van der Waals surface area contributed by atoms with Crippen molar-refractivity contribution >= 4 is 23.2 Å². The third kappa shape index (κ3) is 3.59. The Balaban J connectivity index is 2.74. The molecule has 0 aromatic heterocycles. The highest BCUT2D eigenvalue weighted by molar-refractivity contribution is 6.35. The van der Waals surface area contributed by atoms with Gasteiger partial charge in [0.05, 0.1) is 18.2 Å². The fraction of sp³-hybridized carbons (Fsp3) is 0.417. The van der Waals surface area contributed by atoms with E-state index in [-0.39, 0.29) is 0 Å². The van der Waals surface area contributed by atoms with E-state index in [4.69, 9.17) is 33.2 Å². The number of ether oxygens (including phenoxy) is 1. The second-order valence-electron chi connectivity index (χ2n) is 3.45. The lowest BCUT2D eigenvalue weighted by Crippen LogP contribution is -1.94. The summed E-state index contributed by atoms with van der Waals surface area (Å²) >= 11 is 11.9.